The largest absolute Gasteiger partial charge is 0.484 e. The highest BCUT2D eigenvalue weighted by molar-refractivity contribution is 5.81. The number of hydrogen-bond donors (Lipinski definition) is 3. The third kappa shape index (κ3) is 7.15. The van der Waals surface area contributed by atoms with E-state index >= 15 is 0 Å². The Balaban J connectivity index is 1.79. The third-order valence-corrected chi connectivity index (χ3v) is 5.33. The molecule has 0 spiro atoms. The summed E-state index contributed by atoms with van der Waals surface area (Å²) >= 11 is 0. The van der Waals surface area contributed by atoms with Gasteiger partial charge in [-0.2, -0.15) is 0 Å². The van der Waals surface area contributed by atoms with E-state index in [9.17, 15) is 9.18 Å². The van der Waals surface area contributed by atoms with Crippen molar-refractivity contribution in [3.63, 3.8) is 0 Å². The van der Waals surface area contributed by atoms with Crippen LogP contribution in [0.5, 0.6) is 0 Å². The van der Waals surface area contributed by atoms with Gasteiger partial charge in [0.1, 0.15) is 17.7 Å². The van der Waals surface area contributed by atoms with Gasteiger partial charge in [-0.15, -0.1) is 0 Å². The fourth-order valence-electron chi connectivity index (χ4n) is 3.58. The Bertz CT molecular complexity index is 1050. The van der Waals surface area contributed by atoms with E-state index in [0.29, 0.717) is 17.9 Å². The Morgan fingerprint density at radius 1 is 1.18 bits per heavy atom. The van der Waals surface area contributed by atoms with Gasteiger partial charge >= 0.3 is 0 Å². The molecule has 0 heterocycles. The zero-order valence-corrected chi connectivity index (χ0v) is 19.3. The fraction of sp³-hybridized carbons (Fsp3) is 0.259. The first kappa shape index (κ1) is 24.9. The van der Waals surface area contributed by atoms with Gasteiger partial charge in [0.15, 0.2) is 0 Å². The van der Waals surface area contributed by atoms with E-state index in [-0.39, 0.29) is 30.2 Å². The molecule has 0 fully saturated rings. The van der Waals surface area contributed by atoms with Crippen LogP contribution >= 0.6 is 0 Å². The average molecular weight is 464 g/mol. The minimum Gasteiger partial charge on any atom is -0.484 e. The minimum atomic E-state index is -0.447. The molecule has 2 aromatic carbocycles. The smallest absolute Gasteiger partial charge is 0.222 e. The number of rotatable bonds is 11. The lowest BCUT2D eigenvalue weighted by Crippen LogP contribution is -2.38. The van der Waals surface area contributed by atoms with Crippen molar-refractivity contribution in [2.24, 2.45) is 0 Å². The highest BCUT2D eigenvalue weighted by Crippen LogP contribution is 2.27. The first-order valence-corrected chi connectivity index (χ1v) is 11.1. The number of ether oxygens (including phenoxy) is 2. The zero-order valence-electron chi connectivity index (χ0n) is 19.3. The van der Waals surface area contributed by atoms with E-state index in [0.717, 1.165) is 11.3 Å². The molecule has 0 aliphatic heterocycles. The van der Waals surface area contributed by atoms with Gasteiger partial charge in [-0.1, -0.05) is 42.5 Å². The monoisotopic (exact) mass is 463 g/mol. The Hall–Kier alpha value is -3.71. The standard InChI is InChI=1S/C27H30FN3O3/c1-19(30-26(32)15-16-33-2)27(20-7-4-3-5-8-20)34-24-9-6-10-25(21(17-24)18-29)31-23-13-11-22(28)12-14-23/h3-14,17-19,25,27,29,31H,15-16H2,1-2H3,(H,30,32)/t19?,25?,27-/m0/s1. The molecule has 34 heavy (non-hydrogen) atoms. The van der Waals surface area contributed by atoms with Gasteiger partial charge < -0.3 is 25.5 Å². The number of nitrogens with one attached hydrogen (secondary N) is 3. The van der Waals surface area contributed by atoms with E-state index in [2.05, 4.69) is 10.6 Å². The average Bonchev–Trinajstić information content (AvgIpc) is 3.04. The SMILES string of the molecule is COCCC(=O)NC(C)[C@H](OC1=CC=CC(Nc2ccc(F)cc2)C(C=N)=C1)c1ccccc1. The molecular formula is C27H30FN3O3. The van der Waals surface area contributed by atoms with Crippen molar-refractivity contribution in [3.05, 3.63) is 102 Å². The molecule has 0 saturated carbocycles. The number of amides is 1. The second kappa shape index (κ2) is 12.5. The zero-order chi connectivity index (χ0) is 24.3. The van der Waals surface area contributed by atoms with Crippen LogP contribution in [0.2, 0.25) is 0 Å². The summed E-state index contributed by atoms with van der Waals surface area (Å²) < 4.78 is 24.6. The van der Waals surface area contributed by atoms with E-state index in [1.807, 2.05) is 55.5 Å². The van der Waals surface area contributed by atoms with Crippen LogP contribution in [-0.4, -0.2) is 37.9 Å². The lowest BCUT2D eigenvalue weighted by Gasteiger charge is -2.27. The highest BCUT2D eigenvalue weighted by Gasteiger charge is 2.24. The van der Waals surface area contributed by atoms with Gasteiger partial charge in [-0.3, -0.25) is 4.79 Å². The van der Waals surface area contributed by atoms with Crippen molar-refractivity contribution >= 4 is 17.8 Å². The van der Waals surface area contributed by atoms with E-state index in [1.54, 1.807) is 25.3 Å². The van der Waals surface area contributed by atoms with Crippen molar-refractivity contribution in [2.45, 2.75) is 31.5 Å². The first-order chi connectivity index (χ1) is 16.5. The van der Waals surface area contributed by atoms with Gasteiger partial charge in [-0.05, 0) is 54.5 Å². The van der Waals surface area contributed by atoms with Crippen LogP contribution in [0.3, 0.4) is 0 Å². The van der Waals surface area contributed by atoms with Gasteiger partial charge in [0.2, 0.25) is 5.91 Å². The van der Waals surface area contributed by atoms with Crippen molar-refractivity contribution in [3.8, 4) is 0 Å². The molecule has 1 aliphatic rings. The summed E-state index contributed by atoms with van der Waals surface area (Å²) in [5, 5.41) is 14.2. The number of hydrogen-bond acceptors (Lipinski definition) is 5. The van der Waals surface area contributed by atoms with Gasteiger partial charge in [-0.25, -0.2) is 4.39 Å². The molecule has 3 atom stereocenters. The molecule has 0 radical (unpaired) electrons. The van der Waals surface area contributed by atoms with E-state index in [4.69, 9.17) is 14.9 Å². The van der Waals surface area contributed by atoms with Crippen molar-refractivity contribution in [1.82, 2.24) is 5.32 Å². The normalized spacial score (nSPS) is 17.0. The Labute approximate surface area is 199 Å². The lowest BCUT2D eigenvalue weighted by atomic mass is 10.0. The number of halogens is 1. The molecule has 2 unspecified atom stereocenters. The van der Waals surface area contributed by atoms with Crippen LogP contribution in [0, 0.1) is 11.2 Å². The molecule has 178 valence electrons. The summed E-state index contributed by atoms with van der Waals surface area (Å²) in [5.74, 6) is 0.135. The molecule has 7 heteroatoms. The van der Waals surface area contributed by atoms with Crippen LogP contribution in [0.25, 0.3) is 0 Å². The second-order valence-corrected chi connectivity index (χ2v) is 7.92. The molecule has 0 aromatic heterocycles. The summed E-state index contributed by atoms with van der Waals surface area (Å²) in [6, 6.07) is 15.2. The Kier molecular flexibility index (Phi) is 9.17. The molecular weight excluding hydrogens is 433 g/mol. The fourth-order valence-corrected chi connectivity index (χ4v) is 3.58. The number of methoxy groups -OCH3 is 1. The maximum atomic E-state index is 13.2. The number of carbonyl (C=O) groups excluding carboxylic acids is 1. The number of allylic oxidation sites excluding steroid dienone is 3. The molecule has 3 rings (SSSR count). The maximum Gasteiger partial charge on any atom is 0.222 e. The summed E-state index contributed by atoms with van der Waals surface area (Å²) in [5.41, 5.74) is 2.33. The van der Waals surface area contributed by atoms with Gasteiger partial charge in [0.05, 0.1) is 18.7 Å². The Morgan fingerprint density at radius 3 is 2.59 bits per heavy atom. The second-order valence-electron chi connectivity index (χ2n) is 7.92. The summed E-state index contributed by atoms with van der Waals surface area (Å²) in [7, 11) is 1.56. The molecule has 0 saturated heterocycles. The molecule has 0 bridgehead atoms. The van der Waals surface area contributed by atoms with Crippen LogP contribution in [0.1, 0.15) is 25.0 Å². The minimum absolute atomic E-state index is 0.118. The summed E-state index contributed by atoms with van der Waals surface area (Å²) in [6.45, 7) is 2.24. The topological polar surface area (TPSA) is 83.4 Å². The lowest BCUT2D eigenvalue weighted by molar-refractivity contribution is -0.123. The van der Waals surface area contributed by atoms with E-state index in [1.165, 1.54) is 18.3 Å². The predicted octanol–water partition coefficient (Wildman–Crippen LogP) is 4.93. The number of benzene rings is 2. The highest BCUT2D eigenvalue weighted by atomic mass is 19.1. The van der Waals surface area contributed by atoms with Crippen molar-refractivity contribution < 1.29 is 18.7 Å². The molecule has 1 aliphatic carbocycles. The Morgan fingerprint density at radius 2 is 1.91 bits per heavy atom. The summed E-state index contributed by atoms with van der Waals surface area (Å²) in [4.78, 5) is 12.3. The third-order valence-electron chi connectivity index (χ3n) is 5.33. The van der Waals surface area contributed by atoms with Crippen molar-refractivity contribution in [1.29, 1.82) is 5.41 Å². The predicted molar refractivity (Wildman–Crippen MR) is 132 cm³/mol. The maximum absolute atomic E-state index is 13.2. The van der Waals surface area contributed by atoms with Crippen molar-refractivity contribution in [2.75, 3.05) is 19.0 Å². The quantitative estimate of drug-likeness (QED) is 0.413. The van der Waals surface area contributed by atoms with Crippen LogP contribution in [-0.2, 0) is 14.3 Å². The molecule has 1 amide bonds. The molecule has 3 N–H and O–H groups in total. The first-order valence-electron chi connectivity index (χ1n) is 11.1. The molecule has 2 aromatic rings. The summed E-state index contributed by atoms with van der Waals surface area (Å²) in [6.07, 6.45) is 8.47. The van der Waals surface area contributed by atoms with Gasteiger partial charge in [0.25, 0.3) is 0 Å². The van der Waals surface area contributed by atoms with Crippen LogP contribution < -0.4 is 10.6 Å². The van der Waals surface area contributed by atoms with Gasteiger partial charge in [0, 0.05) is 25.4 Å². The number of carbonyl (C=O) groups is 1. The van der Waals surface area contributed by atoms with E-state index < -0.39 is 6.10 Å². The van der Waals surface area contributed by atoms with Crippen LogP contribution in [0.15, 0.2) is 90.2 Å². The van der Waals surface area contributed by atoms with Crippen LogP contribution in [0.4, 0.5) is 10.1 Å². The molecule has 6 nitrogen and oxygen atoms in total. The number of anilines is 1.